The van der Waals surface area contributed by atoms with E-state index in [4.69, 9.17) is 16.3 Å². The summed E-state index contributed by atoms with van der Waals surface area (Å²) in [5, 5.41) is 0.548. The summed E-state index contributed by atoms with van der Waals surface area (Å²) >= 11 is 6.36. The number of hydrogen-bond donors (Lipinski definition) is 0. The molecule has 0 bridgehead atoms. The van der Waals surface area contributed by atoms with Gasteiger partial charge in [0, 0.05) is 18.7 Å². The van der Waals surface area contributed by atoms with Crippen molar-refractivity contribution in [2.75, 3.05) is 6.61 Å². The van der Waals surface area contributed by atoms with Crippen LogP contribution in [0.1, 0.15) is 26.6 Å². The first-order valence-electron chi connectivity index (χ1n) is 7.01. The molecule has 0 atom stereocenters. The highest BCUT2D eigenvalue weighted by Gasteiger charge is 2.17. The van der Waals surface area contributed by atoms with Gasteiger partial charge in [-0.05, 0) is 12.8 Å². The van der Waals surface area contributed by atoms with Crippen LogP contribution in [-0.2, 0) is 17.9 Å². The normalized spacial score (nSPS) is 11.2. The predicted octanol–water partition coefficient (Wildman–Crippen LogP) is 4.40. The Bertz CT molecular complexity index is 549. The van der Waals surface area contributed by atoms with Crippen LogP contribution in [0.15, 0.2) is 30.3 Å². The smallest absolute Gasteiger partial charge is 0.155 e. The van der Waals surface area contributed by atoms with Gasteiger partial charge in [0.15, 0.2) is 5.15 Å². The van der Waals surface area contributed by atoms with Gasteiger partial charge in [-0.2, -0.15) is 0 Å². The highest BCUT2D eigenvalue weighted by atomic mass is 35.5. The lowest BCUT2D eigenvalue weighted by molar-refractivity contribution is 0.125. The first-order valence-corrected chi connectivity index (χ1v) is 7.39. The van der Waals surface area contributed by atoms with E-state index in [0.29, 0.717) is 24.3 Å². The zero-order valence-electron chi connectivity index (χ0n) is 12.3. The molecule has 0 unspecified atom stereocenters. The fourth-order valence-electron chi connectivity index (χ4n) is 2.20. The fraction of sp³-hybridized carbons (Fsp3) is 0.438. The first-order chi connectivity index (χ1) is 9.63. The highest BCUT2D eigenvalue weighted by molar-refractivity contribution is 6.32. The van der Waals surface area contributed by atoms with Gasteiger partial charge in [-0.3, -0.25) is 0 Å². The summed E-state index contributed by atoms with van der Waals surface area (Å²) in [4.78, 5) is 4.48. The van der Waals surface area contributed by atoms with Gasteiger partial charge in [-0.1, -0.05) is 55.8 Å². The molecule has 0 radical (unpaired) electrons. The average Bonchev–Trinajstić information content (AvgIpc) is 2.73. The van der Waals surface area contributed by atoms with Crippen molar-refractivity contribution in [3.63, 3.8) is 0 Å². The zero-order valence-corrected chi connectivity index (χ0v) is 13.0. The van der Waals surface area contributed by atoms with E-state index in [0.717, 1.165) is 23.6 Å². The zero-order chi connectivity index (χ0) is 14.5. The third kappa shape index (κ3) is 3.41. The summed E-state index contributed by atoms with van der Waals surface area (Å²) < 4.78 is 7.68. The molecule has 4 heteroatoms. The van der Waals surface area contributed by atoms with Crippen LogP contribution in [-0.4, -0.2) is 16.2 Å². The van der Waals surface area contributed by atoms with Gasteiger partial charge in [0.05, 0.1) is 5.69 Å². The van der Waals surface area contributed by atoms with Crippen molar-refractivity contribution < 1.29 is 4.74 Å². The second kappa shape index (κ2) is 6.91. The molecule has 0 saturated carbocycles. The van der Waals surface area contributed by atoms with E-state index in [1.807, 2.05) is 25.1 Å². The quantitative estimate of drug-likeness (QED) is 0.789. The molecule has 0 aliphatic carbocycles. The van der Waals surface area contributed by atoms with Gasteiger partial charge in [0.25, 0.3) is 0 Å². The van der Waals surface area contributed by atoms with Crippen LogP contribution in [0.5, 0.6) is 0 Å². The van der Waals surface area contributed by atoms with E-state index < -0.39 is 0 Å². The van der Waals surface area contributed by atoms with Gasteiger partial charge < -0.3 is 9.30 Å². The minimum atomic E-state index is 0.496. The highest BCUT2D eigenvalue weighted by Crippen LogP contribution is 2.30. The predicted molar refractivity (Wildman–Crippen MR) is 82.8 cm³/mol. The minimum absolute atomic E-state index is 0.496. The molecule has 3 nitrogen and oxygen atoms in total. The molecule has 1 aromatic carbocycles. The van der Waals surface area contributed by atoms with Crippen LogP contribution < -0.4 is 0 Å². The molecular formula is C16H21ClN2O. The molecule has 0 N–H and O–H groups in total. The third-order valence-electron chi connectivity index (χ3n) is 3.03. The number of hydrogen-bond acceptors (Lipinski definition) is 2. The molecule has 0 aliphatic rings. The summed E-state index contributed by atoms with van der Waals surface area (Å²) in [6, 6.07) is 10.2. The van der Waals surface area contributed by atoms with Crippen molar-refractivity contribution in [1.82, 2.24) is 9.55 Å². The van der Waals surface area contributed by atoms with E-state index in [2.05, 4.69) is 35.5 Å². The van der Waals surface area contributed by atoms with Crippen molar-refractivity contribution in [3.05, 3.63) is 41.3 Å². The Morgan fingerprint density at radius 1 is 1.25 bits per heavy atom. The SMILES string of the molecule is CCOCc1nc(Cl)c(-c2ccccc2)n1CC(C)C. The largest absolute Gasteiger partial charge is 0.374 e. The lowest BCUT2D eigenvalue weighted by atomic mass is 10.1. The molecule has 0 spiro atoms. The molecule has 108 valence electrons. The molecule has 0 fully saturated rings. The first kappa shape index (κ1) is 15.1. The molecule has 0 aliphatic heterocycles. The number of imidazole rings is 1. The maximum atomic E-state index is 6.36. The number of nitrogens with zero attached hydrogens (tertiary/aromatic N) is 2. The van der Waals surface area contributed by atoms with Gasteiger partial charge >= 0.3 is 0 Å². The Morgan fingerprint density at radius 2 is 1.95 bits per heavy atom. The van der Waals surface area contributed by atoms with E-state index in [1.165, 1.54) is 0 Å². The van der Waals surface area contributed by atoms with Gasteiger partial charge in [-0.15, -0.1) is 0 Å². The van der Waals surface area contributed by atoms with Gasteiger partial charge in [-0.25, -0.2) is 4.98 Å². The van der Waals surface area contributed by atoms with Crippen LogP contribution in [0.2, 0.25) is 5.15 Å². The second-order valence-electron chi connectivity index (χ2n) is 5.18. The maximum Gasteiger partial charge on any atom is 0.155 e. The second-order valence-corrected chi connectivity index (χ2v) is 5.53. The monoisotopic (exact) mass is 292 g/mol. The molecule has 1 heterocycles. The number of rotatable bonds is 6. The lowest BCUT2D eigenvalue weighted by Gasteiger charge is -2.14. The Hall–Kier alpha value is -1.32. The van der Waals surface area contributed by atoms with E-state index in [1.54, 1.807) is 0 Å². The number of ether oxygens (including phenoxy) is 1. The van der Waals surface area contributed by atoms with Crippen LogP contribution in [0, 0.1) is 5.92 Å². The number of aromatic nitrogens is 2. The Kier molecular flexibility index (Phi) is 5.21. The van der Waals surface area contributed by atoms with Crippen molar-refractivity contribution in [2.24, 2.45) is 5.92 Å². The van der Waals surface area contributed by atoms with Crippen molar-refractivity contribution in [2.45, 2.75) is 33.9 Å². The summed E-state index contributed by atoms with van der Waals surface area (Å²) in [7, 11) is 0. The molecule has 2 aromatic rings. The summed E-state index contributed by atoms with van der Waals surface area (Å²) in [6.45, 7) is 8.41. The molecule has 0 saturated heterocycles. The molecule has 0 amide bonds. The Labute approximate surface area is 125 Å². The van der Waals surface area contributed by atoms with Crippen LogP contribution in [0.4, 0.5) is 0 Å². The Balaban J connectivity index is 2.46. The molecule has 2 rings (SSSR count). The minimum Gasteiger partial charge on any atom is -0.374 e. The summed E-state index contributed by atoms with van der Waals surface area (Å²) in [5.41, 5.74) is 2.07. The van der Waals surface area contributed by atoms with Crippen molar-refractivity contribution in [1.29, 1.82) is 0 Å². The van der Waals surface area contributed by atoms with E-state index in [-0.39, 0.29) is 0 Å². The maximum absolute atomic E-state index is 6.36. The number of benzene rings is 1. The van der Waals surface area contributed by atoms with E-state index in [9.17, 15) is 0 Å². The topological polar surface area (TPSA) is 27.1 Å². The van der Waals surface area contributed by atoms with Crippen LogP contribution in [0.25, 0.3) is 11.3 Å². The lowest BCUT2D eigenvalue weighted by Crippen LogP contribution is -2.11. The van der Waals surface area contributed by atoms with Gasteiger partial charge in [0.2, 0.25) is 0 Å². The molecule has 1 aromatic heterocycles. The average molecular weight is 293 g/mol. The number of halogens is 1. The van der Waals surface area contributed by atoms with Gasteiger partial charge in [0.1, 0.15) is 12.4 Å². The molecular weight excluding hydrogens is 272 g/mol. The Morgan fingerprint density at radius 3 is 2.55 bits per heavy atom. The summed E-state index contributed by atoms with van der Waals surface area (Å²) in [6.07, 6.45) is 0. The van der Waals surface area contributed by atoms with E-state index >= 15 is 0 Å². The van der Waals surface area contributed by atoms with Crippen LogP contribution >= 0.6 is 11.6 Å². The van der Waals surface area contributed by atoms with Crippen molar-refractivity contribution >= 4 is 11.6 Å². The fourth-order valence-corrected chi connectivity index (χ4v) is 2.51. The molecule has 20 heavy (non-hydrogen) atoms. The standard InChI is InChI=1S/C16H21ClN2O/c1-4-20-11-14-18-16(17)15(19(14)10-12(2)3)13-8-6-5-7-9-13/h5-9,12H,4,10-11H2,1-3H3. The third-order valence-corrected chi connectivity index (χ3v) is 3.30. The summed E-state index contributed by atoms with van der Waals surface area (Å²) in [5.74, 6) is 1.41. The van der Waals surface area contributed by atoms with Crippen LogP contribution in [0.3, 0.4) is 0 Å². The van der Waals surface area contributed by atoms with Crippen molar-refractivity contribution in [3.8, 4) is 11.3 Å².